The number of aliphatic imine (C=N–C) groups is 1. The van der Waals surface area contributed by atoms with Gasteiger partial charge in [-0.25, -0.2) is 4.99 Å². The predicted molar refractivity (Wildman–Crippen MR) is 143 cm³/mol. The summed E-state index contributed by atoms with van der Waals surface area (Å²) in [6.45, 7) is 5.53. The van der Waals surface area contributed by atoms with Gasteiger partial charge in [-0.3, -0.25) is 9.59 Å². The maximum atomic E-state index is 12.0. The first-order valence-corrected chi connectivity index (χ1v) is 11.1. The van der Waals surface area contributed by atoms with Gasteiger partial charge in [0, 0.05) is 52.3 Å². The summed E-state index contributed by atoms with van der Waals surface area (Å²) >= 11 is 0. The van der Waals surface area contributed by atoms with Crippen molar-refractivity contribution in [2.45, 2.75) is 39.4 Å². The molecule has 2 amide bonds. The fraction of sp³-hybridized carbons (Fsp3) is 0.400. The molecule has 3 rings (SSSR count). The average Bonchev–Trinajstić information content (AvgIpc) is 3.20. The zero-order valence-corrected chi connectivity index (χ0v) is 22.0. The highest BCUT2D eigenvalue weighted by Gasteiger charge is 2.19. The van der Waals surface area contributed by atoms with Crippen LogP contribution in [0.15, 0.2) is 53.5 Å². The van der Waals surface area contributed by atoms with E-state index in [0.717, 1.165) is 42.2 Å². The lowest BCUT2D eigenvalue weighted by Gasteiger charge is -2.16. The van der Waals surface area contributed by atoms with Crippen LogP contribution < -0.4 is 10.6 Å². The van der Waals surface area contributed by atoms with Crippen molar-refractivity contribution >= 4 is 41.8 Å². The highest BCUT2D eigenvalue weighted by Crippen LogP contribution is 2.15. The van der Waals surface area contributed by atoms with Crippen LogP contribution in [-0.4, -0.2) is 54.8 Å². The number of rotatable bonds is 8. The second-order valence-electron chi connectivity index (χ2n) is 8.18. The van der Waals surface area contributed by atoms with E-state index in [1.165, 1.54) is 0 Å². The van der Waals surface area contributed by atoms with Gasteiger partial charge in [0.15, 0.2) is 5.96 Å². The quantitative estimate of drug-likeness (QED) is 0.294. The van der Waals surface area contributed by atoms with Crippen LogP contribution in [0.5, 0.6) is 0 Å². The molecule has 178 valence electrons. The summed E-state index contributed by atoms with van der Waals surface area (Å²) in [6, 6.07) is 15.9. The fourth-order valence-corrected chi connectivity index (χ4v) is 3.56. The molecule has 0 unspecified atom stereocenters. The number of hydrogen-bond acceptors (Lipinski definition) is 3. The molecule has 7 nitrogen and oxygen atoms in total. The van der Waals surface area contributed by atoms with E-state index < -0.39 is 0 Å². The smallest absolute Gasteiger partial charge is 0.253 e. The predicted octanol–water partition coefficient (Wildman–Crippen LogP) is 3.38. The van der Waals surface area contributed by atoms with Crippen LogP contribution in [-0.2, 0) is 24.4 Å². The van der Waals surface area contributed by atoms with Crippen LogP contribution in [0, 0.1) is 0 Å². The number of carbonyl (C=O) groups excluding carboxylic acids is 2. The Hall–Kier alpha value is -2.62. The van der Waals surface area contributed by atoms with Gasteiger partial charge >= 0.3 is 0 Å². The van der Waals surface area contributed by atoms with E-state index in [1.54, 1.807) is 19.0 Å². The first-order valence-electron chi connectivity index (χ1n) is 11.1. The second kappa shape index (κ2) is 13.2. The number of amides is 2. The van der Waals surface area contributed by atoms with Crippen LogP contribution in [0.2, 0.25) is 0 Å². The first-order chi connectivity index (χ1) is 15.5. The van der Waals surface area contributed by atoms with E-state index in [2.05, 4.69) is 39.9 Å². The van der Waals surface area contributed by atoms with Crippen LogP contribution in [0.4, 0.5) is 0 Å². The monoisotopic (exact) mass is 563 g/mol. The van der Waals surface area contributed by atoms with Crippen molar-refractivity contribution in [3.63, 3.8) is 0 Å². The van der Waals surface area contributed by atoms with E-state index in [-0.39, 0.29) is 35.8 Å². The van der Waals surface area contributed by atoms with Crippen LogP contribution in [0.25, 0.3) is 0 Å². The van der Waals surface area contributed by atoms with Crippen molar-refractivity contribution in [1.29, 1.82) is 0 Å². The molecule has 8 heteroatoms. The molecule has 2 aromatic rings. The first kappa shape index (κ1) is 26.6. The molecular formula is C25H34IN5O2. The number of benzene rings is 2. The Balaban J connectivity index is 0.00000385. The van der Waals surface area contributed by atoms with Gasteiger partial charge in [0.1, 0.15) is 0 Å². The number of guanidine groups is 1. The molecule has 0 aliphatic carbocycles. The Morgan fingerprint density at radius 2 is 1.64 bits per heavy atom. The summed E-state index contributed by atoms with van der Waals surface area (Å²) < 4.78 is 0. The molecule has 0 bridgehead atoms. The Kier molecular flexibility index (Phi) is 10.6. The van der Waals surface area contributed by atoms with Crippen molar-refractivity contribution in [2.24, 2.45) is 4.99 Å². The number of nitrogens with one attached hydrogen (secondary N) is 2. The number of likely N-dealkylation sites (tertiary alicyclic amines) is 1. The second-order valence-corrected chi connectivity index (χ2v) is 8.18. The zero-order valence-electron chi connectivity index (χ0n) is 19.6. The van der Waals surface area contributed by atoms with Crippen molar-refractivity contribution in [2.75, 3.05) is 27.2 Å². The van der Waals surface area contributed by atoms with Gasteiger partial charge in [-0.1, -0.05) is 36.4 Å². The molecule has 1 aliphatic rings. The summed E-state index contributed by atoms with van der Waals surface area (Å²) in [5, 5.41) is 6.63. The van der Waals surface area contributed by atoms with Crippen LogP contribution >= 0.6 is 24.0 Å². The topological polar surface area (TPSA) is 77.0 Å². The molecule has 1 aliphatic heterocycles. The molecule has 0 saturated carbocycles. The number of carbonyl (C=O) groups is 2. The maximum absolute atomic E-state index is 12.0. The Labute approximate surface area is 213 Å². The zero-order chi connectivity index (χ0) is 22.9. The highest BCUT2D eigenvalue weighted by molar-refractivity contribution is 14.0. The minimum absolute atomic E-state index is 0. The Bertz CT molecular complexity index is 942. The van der Waals surface area contributed by atoms with Crippen molar-refractivity contribution < 1.29 is 9.59 Å². The van der Waals surface area contributed by atoms with E-state index in [9.17, 15) is 9.59 Å². The molecule has 33 heavy (non-hydrogen) atoms. The summed E-state index contributed by atoms with van der Waals surface area (Å²) in [7, 11) is 3.49. The largest absolute Gasteiger partial charge is 0.357 e. The summed E-state index contributed by atoms with van der Waals surface area (Å²) in [5.74, 6) is 0.988. The molecule has 1 saturated heterocycles. The van der Waals surface area contributed by atoms with Crippen LogP contribution in [0.3, 0.4) is 0 Å². The van der Waals surface area contributed by atoms with Crippen molar-refractivity contribution in [3.8, 4) is 0 Å². The molecule has 0 atom stereocenters. The van der Waals surface area contributed by atoms with Gasteiger partial charge in [-0.15, -0.1) is 24.0 Å². The van der Waals surface area contributed by atoms with Crippen molar-refractivity contribution in [1.82, 2.24) is 20.4 Å². The van der Waals surface area contributed by atoms with Gasteiger partial charge < -0.3 is 20.4 Å². The standard InChI is InChI=1S/C25H33N5O2.HI/c1-4-26-25(28-17-20-11-13-22(14-12-20)24(32)29(2)3)27-16-19-7-9-21(10-8-19)18-30-15-5-6-23(30)31;/h7-14H,4-6,15-18H2,1-3H3,(H2,26,27,28);1H. The van der Waals surface area contributed by atoms with Gasteiger partial charge in [-0.05, 0) is 42.2 Å². The number of nitrogens with zero attached hydrogens (tertiary/aromatic N) is 3. The molecule has 1 heterocycles. The SMILES string of the molecule is CCNC(=NCc1ccc(C(=O)N(C)C)cc1)NCc1ccc(CN2CCCC2=O)cc1.I. The third kappa shape index (κ3) is 8.03. The lowest BCUT2D eigenvalue weighted by atomic mass is 10.1. The molecule has 0 aromatic heterocycles. The fourth-order valence-electron chi connectivity index (χ4n) is 3.56. The van der Waals surface area contributed by atoms with Crippen LogP contribution in [0.1, 0.15) is 46.8 Å². The summed E-state index contributed by atoms with van der Waals surface area (Å²) in [5.41, 5.74) is 4.02. The number of halogens is 1. The summed E-state index contributed by atoms with van der Waals surface area (Å²) in [4.78, 5) is 32.0. The maximum Gasteiger partial charge on any atom is 0.253 e. The molecule has 1 fully saturated rings. The Morgan fingerprint density at radius 1 is 1.00 bits per heavy atom. The minimum Gasteiger partial charge on any atom is -0.357 e. The van der Waals surface area contributed by atoms with E-state index >= 15 is 0 Å². The normalized spacial score (nSPS) is 13.5. The van der Waals surface area contributed by atoms with E-state index in [4.69, 9.17) is 0 Å². The van der Waals surface area contributed by atoms with Gasteiger partial charge in [0.2, 0.25) is 5.91 Å². The lowest BCUT2D eigenvalue weighted by molar-refractivity contribution is -0.128. The van der Waals surface area contributed by atoms with E-state index in [1.807, 2.05) is 36.1 Å². The molecule has 0 radical (unpaired) electrons. The van der Waals surface area contributed by atoms with Crippen molar-refractivity contribution in [3.05, 3.63) is 70.8 Å². The number of hydrogen-bond donors (Lipinski definition) is 2. The molecule has 0 spiro atoms. The van der Waals surface area contributed by atoms with Gasteiger partial charge in [0.25, 0.3) is 5.91 Å². The molecule has 2 N–H and O–H groups in total. The van der Waals surface area contributed by atoms with Gasteiger partial charge in [0.05, 0.1) is 6.54 Å². The highest BCUT2D eigenvalue weighted by atomic mass is 127. The summed E-state index contributed by atoms with van der Waals surface area (Å²) in [6.07, 6.45) is 1.64. The third-order valence-corrected chi connectivity index (χ3v) is 5.40. The molecular weight excluding hydrogens is 529 g/mol. The molecule has 2 aromatic carbocycles. The lowest BCUT2D eigenvalue weighted by Crippen LogP contribution is -2.36. The third-order valence-electron chi connectivity index (χ3n) is 5.40. The average molecular weight is 563 g/mol. The minimum atomic E-state index is -0.00638. The Morgan fingerprint density at radius 3 is 2.21 bits per heavy atom. The van der Waals surface area contributed by atoms with E-state index in [0.29, 0.717) is 31.6 Å². The van der Waals surface area contributed by atoms with Gasteiger partial charge in [-0.2, -0.15) is 0 Å².